The summed E-state index contributed by atoms with van der Waals surface area (Å²) in [4.78, 5) is 3.55. The second-order valence-electron chi connectivity index (χ2n) is 4.22. The van der Waals surface area contributed by atoms with Crippen molar-refractivity contribution in [2.45, 2.75) is 30.0 Å². The van der Waals surface area contributed by atoms with Crippen molar-refractivity contribution in [2.75, 3.05) is 0 Å². The number of aryl methyl sites for hydroxylation is 1. The molecule has 0 amide bonds. The third-order valence-corrected chi connectivity index (χ3v) is 4.88. The van der Waals surface area contributed by atoms with Crippen molar-refractivity contribution in [2.24, 2.45) is 5.92 Å². The molecule has 1 saturated carbocycles. The Morgan fingerprint density at radius 2 is 1.88 bits per heavy atom. The fourth-order valence-electron chi connectivity index (χ4n) is 1.68. The first-order chi connectivity index (χ1) is 7.55. The van der Waals surface area contributed by atoms with Gasteiger partial charge in [0.25, 0.3) is 9.84 Å². The van der Waals surface area contributed by atoms with Crippen LogP contribution in [0.15, 0.2) is 29.2 Å². The largest absolute Gasteiger partial charge is 0.327 e. The minimum absolute atomic E-state index is 0.0452. The first-order valence-corrected chi connectivity index (χ1v) is 6.77. The highest BCUT2D eigenvalue weighted by Gasteiger charge is 2.46. The van der Waals surface area contributed by atoms with Gasteiger partial charge in [0.05, 0.1) is 4.90 Å². The molecule has 3 nitrogen and oxygen atoms in total. The van der Waals surface area contributed by atoms with Gasteiger partial charge in [-0.3, -0.25) is 4.85 Å². The molecule has 1 atom stereocenters. The maximum absolute atomic E-state index is 12.1. The van der Waals surface area contributed by atoms with Gasteiger partial charge in [0.1, 0.15) is 0 Å². The lowest BCUT2D eigenvalue weighted by molar-refractivity contribution is 0.581. The average Bonchev–Trinajstić information content (AvgIpc) is 3.03. The van der Waals surface area contributed by atoms with E-state index in [4.69, 9.17) is 6.57 Å². The van der Waals surface area contributed by atoms with Gasteiger partial charge in [-0.25, -0.2) is 15.0 Å². The molecule has 16 heavy (non-hydrogen) atoms. The molecule has 0 aliphatic heterocycles. The maximum Gasteiger partial charge on any atom is 0.327 e. The number of hydrogen-bond donors (Lipinski definition) is 0. The molecule has 4 heteroatoms. The Morgan fingerprint density at radius 1 is 1.31 bits per heavy atom. The Morgan fingerprint density at radius 3 is 2.31 bits per heavy atom. The molecule has 0 radical (unpaired) electrons. The number of rotatable bonds is 3. The zero-order chi connectivity index (χ0) is 11.8. The number of benzene rings is 1. The minimum atomic E-state index is -3.46. The van der Waals surface area contributed by atoms with Gasteiger partial charge < -0.3 is 0 Å². The molecular formula is C12H13NO2S. The smallest absolute Gasteiger partial charge is 0.296 e. The highest BCUT2D eigenvalue weighted by molar-refractivity contribution is 7.92. The average molecular weight is 235 g/mol. The molecule has 1 fully saturated rings. The van der Waals surface area contributed by atoms with Crippen LogP contribution in [0.4, 0.5) is 0 Å². The van der Waals surface area contributed by atoms with Crippen LogP contribution in [0.1, 0.15) is 18.4 Å². The van der Waals surface area contributed by atoms with Gasteiger partial charge in [0.2, 0.25) is 0 Å². The summed E-state index contributed by atoms with van der Waals surface area (Å²) in [6.45, 7) is 8.93. The van der Waals surface area contributed by atoms with Crippen molar-refractivity contribution in [3.05, 3.63) is 41.2 Å². The van der Waals surface area contributed by atoms with Gasteiger partial charge in [-0.2, -0.15) is 0 Å². The number of hydrogen-bond acceptors (Lipinski definition) is 2. The first kappa shape index (κ1) is 11.2. The van der Waals surface area contributed by atoms with E-state index >= 15 is 0 Å². The Labute approximate surface area is 95.8 Å². The molecule has 1 aromatic carbocycles. The highest BCUT2D eigenvalue weighted by atomic mass is 32.2. The van der Waals surface area contributed by atoms with Crippen LogP contribution < -0.4 is 0 Å². The van der Waals surface area contributed by atoms with Crippen molar-refractivity contribution in [1.82, 2.24) is 0 Å². The van der Waals surface area contributed by atoms with Crippen LogP contribution in [0.25, 0.3) is 4.85 Å². The number of nitrogens with zero attached hydrogens (tertiary/aromatic N) is 1. The van der Waals surface area contributed by atoms with E-state index in [0.717, 1.165) is 18.4 Å². The molecule has 0 aromatic heterocycles. The van der Waals surface area contributed by atoms with Gasteiger partial charge in [-0.1, -0.05) is 17.7 Å². The van der Waals surface area contributed by atoms with E-state index in [0.29, 0.717) is 0 Å². The molecule has 0 heterocycles. The zero-order valence-electron chi connectivity index (χ0n) is 9.05. The molecule has 0 N–H and O–H groups in total. The molecule has 1 aliphatic carbocycles. The Hall–Kier alpha value is -1.34. The lowest BCUT2D eigenvalue weighted by atomic mass is 10.2. The molecule has 1 aliphatic rings. The third-order valence-electron chi connectivity index (χ3n) is 2.82. The number of sulfone groups is 1. The van der Waals surface area contributed by atoms with Crippen molar-refractivity contribution in [1.29, 1.82) is 0 Å². The summed E-state index contributed by atoms with van der Waals surface area (Å²) in [5, 5.41) is -0.879. The predicted molar refractivity (Wildman–Crippen MR) is 61.5 cm³/mol. The van der Waals surface area contributed by atoms with Crippen molar-refractivity contribution >= 4 is 9.84 Å². The van der Waals surface area contributed by atoms with Crippen molar-refractivity contribution in [3.8, 4) is 0 Å². The zero-order valence-corrected chi connectivity index (χ0v) is 9.87. The second-order valence-corrected chi connectivity index (χ2v) is 6.26. The summed E-state index contributed by atoms with van der Waals surface area (Å²) in [5.41, 5.74) is 1.02. The van der Waals surface area contributed by atoms with Crippen molar-refractivity contribution < 1.29 is 8.42 Å². The lowest BCUT2D eigenvalue weighted by Gasteiger charge is -2.06. The van der Waals surface area contributed by atoms with E-state index in [9.17, 15) is 8.42 Å². The van der Waals surface area contributed by atoms with E-state index in [-0.39, 0.29) is 10.8 Å². The highest BCUT2D eigenvalue weighted by Crippen LogP contribution is 2.39. The topological polar surface area (TPSA) is 38.5 Å². The monoisotopic (exact) mass is 235 g/mol. The molecule has 0 saturated heterocycles. The Balaban J connectivity index is 2.38. The molecule has 0 bridgehead atoms. The van der Waals surface area contributed by atoms with E-state index in [1.54, 1.807) is 24.3 Å². The van der Waals surface area contributed by atoms with Crippen LogP contribution in [0, 0.1) is 19.4 Å². The van der Waals surface area contributed by atoms with Gasteiger partial charge in [-0.15, -0.1) is 0 Å². The van der Waals surface area contributed by atoms with E-state index in [1.165, 1.54) is 0 Å². The Kier molecular flexibility index (Phi) is 2.73. The second kappa shape index (κ2) is 3.91. The van der Waals surface area contributed by atoms with Crippen LogP contribution in [0.5, 0.6) is 0 Å². The summed E-state index contributed by atoms with van der Waals surface area (Å²) in [6.07, 6.45) is 1.72. The summed E-state index contributed by atoms with van der Waals surface area (Å²) in [7, 11) is -3.46. The van der Waals surface area contributed by atoms with Crippen LogP contribution in [-0.2, 0) is 9.84 Å². The lowest BCUT2D eigenvalue weighted by Crippen LogP contribution is -2.19. The molecule has 2 rings (SSSR count). The minimum Gasteiger partial charge on any atom is -0.296 e. The van der Waals surface area contributed by atoms with Gasteiger partial charge in [0.15, 0.2) is 0 Å². The molecule has 1 unspecified atom stereocenters. The quantitative estimate of drug-likeness (QED) is 0.755. The third kappa shape index (κ3) is 1.96. The predicted octanol–water partition coefficient (Wildman–Crippen LogP) is 2.42. The van der Waals surface area contributed by atoms with Crippen molar-refractivity contribution in [3.63, 3.8) is 0 Å². The fourth-order valence-corrected chi connectivity index (χ4v) is 3.39. The summed E-state index contributed by atoms with van der Waals surface area (Å²) in [5.74, 6) is 0.0452. The first-order valence-electron chi connectivity index (χ1n) is 5.23. The SMILES string of the molecule is [C-]#[N+]C(C1CC1)S(=O)(=O)c1ccc(C)cc1. The fraction of sp³-hybridized carbons (Fsp3) is 0.417. The van der Waals surface area contributed by atoms with Gasteiger partial charge >= 0.3 is 5.37 Å². The van der Waals surface area contributed by atoms with Crippen LogP contribution in [0.3, 0.4) is 0 Å². The van der Waals surface area contributed by atoms with Crippen LogP contribution >= 0.6 is 0 Å². The maximum atomic E-state index is 12.1. The van der Waals surface area contributed by atoms with E-state index < -0.39 is 15.2 Å². The van der Waals surface area contributed by atoms with E-state index in [2.05, 4.69) is 4.85 Å². The normalized spacial score (nSPS) is 17.8. The molecule has 1 aromatic rings. The van der Waals surface area contributed by atoms with Crippen LogP contribution in [0.2, 0.25) is 0 Å². The summed E-state index contributed by atoms with van der Waals surface area (Å²) < 4.78 is 24.3. The molecule has 0 spiro atoms. The summed E-state index contributed by atoms with van der Waals surface area (Å²) in [6, 6.07) is 6.71. The van der Waals surface area contributed by atoms with E-state index in [1.807, 2.05) is 6.92 Å². The standard InChI is InChI=1S/C12H13NO2S/c1-9-3-7-11(8-4-9)16(14,15)12(13-2)10-5-6-10/h3-4,7-8,10,12H,5-6H2,1H3. The van der Waals surface area contributed by atoms with Crippen LogP contribution in [-0.4, -0.2) is 13.8 Å². The summed E-state index contributed by atoms with van der Waals surface area (Å²) >= 11 is 0. The molecule has 84 valence electrons. The van der Waals surface area contributed by atoms with Gasteiger partial charge in [0, 0.05) is 5.92 Å². The van der Waals surface area contributed by atoms with Gasteiger partial charge in [-0.05, 0) is 31.9 Å². The Bertz CT molecular complexity index is 521. The molecular weight excluding hydrogens is 222 g/mol.